The maximum atomic E-state index is 13.7. The Labute approximate surface area is 150 Å². The molecule has 132 valence electrons. The summed E-state index contributed by atoms with van der Waals surface area (Å²) in [6, 6.07) is 11.3. The molecule has 0 radical (unpaired) electrons. The number of hydrogen-bond donors (Lipinski definition) is 1. The van der Waals surface area contributed by atoms with E-state index < -0.39 is 24.3 Å². The van der Waals surface area contributed by atoms with Gasteiger partial charge in [-0.3, -0.25) is 4.79 Å². The van der Waals surface area contributed by atoms with Crippen LogP contribution in [0.1, 0.15) is 42.1 Å². The Bertz CT molecular complexity index is 759. The summed E-state index contributed by atoms with van der Waals surface area (Å²) in [7, 11) is 0. The molecular weight excluding hydrogens is 345 g/mol. The van der Waals surface area contributed by atoms with Crippen LogP contribution in [0.2, 0.25) is 5.02 Å². The lowest BCUT2D eigenvalue weighted by molar-refractivity contribution is -0.119. The molecule has 1 atom stereocenters. The monoisotopic (exact) mass is 363 g/mol. The largest absolute Gasteiger partial charge is 0.452 e. The number of rotatable bonds is 6. The van der Waals surface area contributed by atoms with E-state index in [-0.39, 0.29) is 16.5 Å². The normalized spacial score (nSPS) is 11.7. The van der Waals surface area contributed by atoms with Gasteiger partial charge < -0.3 is 10.1 Å². The number of anilines is 1. The molecule has 0 aliphatic carbocycles. The molecule has 0 aliphatic heterocycles. The maximum absolute atomic E-state index is 13.7. The molecule has 2 aromatic carbocycles. The van der Waals surface area contributed by atoms with E-state index in [0.717, 1.165) is 18.1 Å². The third-order valence-electron chi connectivity index (χ3n) is 3.88. The molecule has 0 unspecified atom stereocenters. The molecule has 2 rings (SSSR count). The van der Waals surface area contributed by atoms with Gasteiger partial charge in [-0.1, -0.05) is 49.7 Å². The van der Waals surface area contributed by atoms with Gasteiger partial charge in [-0.25, -0.2) is 9.18 Å². The number of ether oxygens (including phenoxy) is 1. The number of hydrogen-bond acceptors (Lipinski definition) is 3. The van der Waals surface area contributed by atoms with Crippen LogP contribution in [-0.2, 0) is 9.53 Å². The zero-order chi connectivity index (χ0) is 18.4. The molecule has 0 aromatic heterocycles. The third-order valence-corrected chi connectivity index (χ3v) is 4.19. The van der Waals surface area contributed by atoms with Crippen LogP contribution in [0.15, 0.2) is 42.5 Å². The predicted molar refractivity (Wildman–Crippen MR) is 95.5 cm³/mol. The fraction of sp³-hybridized carbons (Fsp3) is 0.263. The Morgan fingerprint density at radius 2 is 1.92 bits per heavy atom. The fourth-order valence-corrected chi connectivity index (χ4v) is 2.58. The van der Waals surface area contributed by atoms with Crippen molar-refractivity contribution < 1.29 is 18.7 Å². The van der Waals surface area contributed by atoms with Crippen molar-refractivity contribution in [2.45, 2.75) is 26.2 Å². The Balaban J connectivity index is 2.01. The van der Waals surface area contributed by atoms with E-state index >= 15 is 0 Å². The van der Waals surface area contributed by atoms with Gasteiger partial charge in [-0.15, -0.1) is 0 Å². The van der Waals surface area contributed by atoms with Gasteiger partial charge in [0.05, 0.1) is 5.02 Å². The molecule has 0 spiro atoms. The van der Waals surface area contributed by atoms with Gasteiger partial charge in [-0.05, 0) is 36.1 Å². The Hall–Kier alpha value is -2.40. The van der Waals surface area contributed by atoms with Crippen molar-refractivity contribution >= 4 is 29.2 Å². The number of amides is 1. The number of esters is 1. The third kappa shape index (κ3) is 4.79. The highest BCUT2D eigenvalue weighted by molar-refractivity contribution is 6.33. The standard InChI is InChI=1S/C19H19ClFNO3/c1-3-12(2)13-7-4-5-10-16(13)22-17(23)11-25-19(24)18-14(20)8-6-9-15(18)21/h4-10,12H,3,11H2,1-2H3,(H,22,23)/t12-/m0/s1. The van der Waals surface area contributed by atoms with Crippen molar-refractivity contribution in [3.63, 3.8) is 0 Å². The lowest BCUT2D eigenvalue weighted by atomic mass is 9.97. The van der Waals surface area contributed by atoms with Gasteiger partial charge in [0.25, 0.3) is 5.91 Å². The zero-order valence-corrected chi connectivity index (χ0v) is 14.8. The molecule has 0 fully saturated rings. The van der Waals surface area contributed by atoms with Crippen LogP contribution in [0.25, 0.3) is 0 Å². The average Bonchev–Trinajstić information content (AvgIpc) is 2.59. The van der Waals surface area contributed by atoms with Crippen molar-refractivity contribution in [2.75, 3.05) is 11.9 Å². The zero-order valence-electron chi connectivity index (χ0n) is 14.0. The summed E-state index contributed by atoms with van der Waals surface area (Å²) in [6.07, 6.45) is 0.924. The smallest absolute Gasteiger partial charge is 0.343 e. The summed E-state index contributed by atoms with van der Waals surface area (Å²) in [4.78, 5) is 24.0. The first-order valence-corrected chi connectivity index (χ1v) is 8.31. The highest BCUT2D eigenvalue weighted by atomic mass is 35.5. The van der Waals surface area contributed by atoms with E-state index in [0.29, 0.717) is 5.69 Å². The highest BCUT2D eigenvalue weighted by Crippen LogP contribution is 2.26. The van der Waals surface area contributed by atoms with Crippen molar-refractivity contribution in [2.24, 2.45) is 0 Å². The van der Waals surface area contributed by atoms with Gasteiger partial charge in [0.15, 0.2) is 6.61 Å². The minimum Gasteiger partial charge on any atom is -0.452 e. The molecular formula is C19H19ClFNO3. The van der Waals surface area contributed by atoms with Crippen molar-refractivity contribution in [1.82, 2.24) is 0 Å². The first-order valence-electron chi connectivity index (χ1n) is 7.94. The van der Waals surface area contributed by atoms with Crippen LogP contribution in [0.4, 0.5) is 10.1 Å². The number of para-hydroxylation sites is 1. The fourth-order valence-electron chi connectivity index (χ4n) is 2.34. The molecule has 4 nitrogen and oxygen atoms in total. The van der Waals surface area contributed by atoms with Gasteiger partial charge in [0.1, 0.15) is 11.4 Å². The number of carbonyl (C=O) groups excluding carboxylic acids is 2. The molecule has 1 N–H and O–H groups in total. The summed E-state index contributed by atoms with van der Waals surface area (Å²) < 4.78 is 18.5. The van der Waals surface area contributed by atoms with Gasteiger partial charge >= 0.3 is 5.97 Å². The van der Waals surface area contributed by atoms with Gasteiger partial charge in [0, 0.05) is 5.69 Å². The first kappa shape index (κ1) is 18.9. The summed E-state index contributed by atoms with van der Waals surface area (Å²) >= 11 is 5.80. The topological polar surface area (TPSA) is 55.4 Å². The summed E-state index contributed by atoms with van der Waals surface area (Å²) in [6.45, 7) is 3.59. The number of carbonyl (C=O) groups is 2. The number of halogens is 2. The summed E-state index contributed by atoms with van der Waals surface area (Å²) in [5.41, 5.74) is 1.29. The van der Waals surface area contributed by atoms with Crippen LogP contribution in [0.3, 0.4) is 0 Å². The lowest BCUT2D eigenvalue weighted by Gasteiger charge is -2.15. The molecule has 2 aromatic rings. The molecule has 0 saturated carbocycles. The SMILES string of the molecule is CC[C@H](C)c1ccccc1NC(=O)COC(=O)c1c(F)cccc1Cl. The average molecular weight is 364 g/mol. The summed E-state index contributed by atoms with van der Waals surface area (Å²) in [5, 5.41) is 2.66. The van der Waals surface area contributed by atoms with Crippen molar-refractivity contribution in [3.05, 3.63) is 64.4 Å². The Kier molecular flexibility index (Phi) is 6.53. The minimum atomic E-state index is -0.978. The lowest BCUT2D eigenvalue weighted by Crippen LogP contribution is -2.22. The quantitative estimate of drug-likeness (QED) is 0.751. The van der Waals surface area contributed by atoms with Crippen LogP contribution < -0.4 is 5.32 Å². The molecule has 0 heterocycles. The molecule has 1 amide bonds. The van der Waals surface area contributed by atoms with E-state index in [9.17, 15) is 14.0 Å². The van der Waals surface area contributed by atoms with Gasteiger partial charge in [-0.2, -0.15) is 0 Å². The predicted octanol–water partition coefficient (Wildman–Crippen LogP) is 4.79. The molecule has 0 bridgehead atoms. The van der Waals surface area contributed by atoms with E-state index in [1.165, 1.54) is 12.1 Å². The first-order chi connectivity index (χ1) is 11.9. The van der Waals surface area contributed by atoms with Crippen molar-refractivity contribution in [1.29, 1.82) is 0 Å². The number of benzene rings is 2. The Morgan fingerprint density at radius 1 is 1.20 bits per heavy atom. The second-order valence-corrected chi connectivity index (χ2v) is 6.02. The highest BCUT2D eigenvalue weighted by Gasteiger charge is 2.19. The maximum Gasteiger partial charge on any atom is 0.343 e. The van der Waals surface area contributed by atoms with Crippen LogP contribution in [-0.4, -0.2) is 18.5 Å². The molecule has 0 aliphatic rings. The van der Waals surface area contributed by atoms with Gasteiger partial charge in [0.2, 0.25) is 0 Å². The number of nitrogens with one attached hydrogen (secondary N) is 1. The van der Waals surface area contributed by atoms with Crippen LogP contribution >= 0.6 is 11.6 Å². The van der Waals surface area contributed by atoms with E-state index in [1.54, 1.807) is 6.07 Å². The van der Waals surface area contributed by atoms with E-state index in [2.05, 4.69) is 19.2 Å². The van der Waals surface area contributed by atoms with Crippen LogP contribution in [0.5, 0.6) is 0 Å². The Morgan fingerprint density at radius 3 is 2.60 bits per heavy atom. The molecule has 0 saturated heterocycles. The van der Waals surface area contributed by atoms with Crippen molar-refractivity contribution in [3.8, 4) is 0 Å². The second kappa shape index (κ2) is 8.62. The van der Waals surface area contributed by atoms with E-state index in [1.807, 2.05) is 18.2 Å². The molecule has 6 heteroatoms. The molecule has 25 heavy (non-hydrogen) atoms. The second-order valence-electron chi connectivity index (χ2n) is 5.62. The minimum absolute atomic E-state index is 0.0625. The summed E-state index contributed by atoms with van der Waals surface area (Å²) in [5.74, 6) is -2.00. The van der Waals surface area contributed by atoms with Crippen LogP contribution in [0, 0.1) is 5.82 Å². The van der Waals surface area contributed by atoms with E-state index in [4.69, 9.17) is 16.3 Å².